The smallest absolute Gasteiger partial charge is 0.303 e. The number of carbonyl (C=O) groups is 1. The Kier molecular flexibility index (Phi) is 7.80. The van der Waals surface area contributed by atoms with Gasteiger partial charge in [0.25, 0.3) is 0 Å². The predicted octanol–water partition coefficient (Wildman–Crippen LogP) is 2.74. The molecule has 136 valence electrons. The number of benzene rings is 1. The van der Waals surface area contributed by atoms with Crippen molar-refractivity contribution in [2.24, 2.45) is 0 Å². The number of nitrogens with one attached hydrogen (secondary N) is 1. The van der Waals surface area contributed by atoms with E-state index in [4.69, 9.17) is 5.11 Å². The summed E-state index contributed by atoms with van der Waals surface area (Å²) in [4.78, 5) is 21.2. The summed E-state index contributed by atoms with van der Waals surface area (Å²) < 4.78 is 27.1. The van der Waals surface area contributed by atoms with Gasteiger partial charge in [-0.05, 0) is 39.2 Å². The molecule has 0 aromatic heterocycles. The van der Waals surface area contributed by atoms with Gasteiger partial charge in [-0.15, -0.1) is 0 Å². The van der Waals surface area contributed by atoms with E-state index >= 15 is 0 Å². The van der Waals surface area contributed by atoms with Crippen LogP contribution in [0.15, 0.2) is 30.3 Å². The second-order valence-electron chi connectivity index (χ2n) is 6.66. The molecule has 3 atom stereocenters. The minimum Gasteiger partial charge on any atom is -0.481 e. The summed E-state index contributed by atoms with van der Waals surface area (Å²) >= 11 is 0. The van der Waals surface area contributed by atoms with E-state index in [1.54, 1.807) is 20.8 Å². The zero-order chi connectivity index (χ0) is 18.4. The quantitative estimate of drug-likeness (QED) is 0.576. The molecule has 8 heteroatoms. The lowest BCUT2D eigenvalue weighted by atomic mass is 10.2. The van der Waals surface area contributed by atoms with Crippen LogP contribution in [0.1, 0.15) is 39.2 Å². The van der Waals surface area contributed by atoms with E-state index in [0.717, 1.165) is 5.56 Å². The van der Waals surface area contributed by atoms with Crippen LogP contribution in [0.5, 0.6) is 0 Å². The van der Waals surface area contributed by atoms with Crippen molar-refractivity contribution in [1.29, 1.82) is 0 Å². The van der Waals surface area contributed by atoms with Crippen molar-refractivity contribution in [2.75, 3.05) is 6.16 Å². The molecule has 1 aromatic carbocycles. The Morgan fingerprint density at radius 3 is 2.38 bits per heavy atom. The van der Waals surface area contributed by atoms with Gasteiger partial charge in [0.1, 0.15) is 0 Å². The Bertz CT molecular complexity index is 615. The molecule has 0 aliphatic heterocycles. The van der Waals surface area contributed by atoms with E-state index in [-0.39, 0.29) is 19.0 Å². The van der Waals surface area contributed by atoms with Crippen molar-refractivity contribution in [3.8, 4) is 0 Å². The summed E-state index contributed by atoms with van der Waals surface area (Å²) in [6.07, 6.45) is 0.117. The van der Waals surface area contributed by atoms with Gasteiger partial charge in [-0.3, -0.25) is 9.36 Å². The summed E-state index contributed by atoms with van der Waals surface area (Å²) in [6, 6.07) is 9.31. The molecule has 3 N–H and O–H groups in total. The molecule has 0 bridgehead atoms. The molecule has 1 rings (SSSR count). The molecule has 1 aromatic rings. The molecule has 0 aliphatic carbocycles. The summed E-state index contributed by atoms with van der Waals surface area (Å²) in [6.45, 7) is 5.24. The maximum absolute atomic E-state index is 12.7. The molecule has 6 nitrogen and oxygen atoms in total. The highest BCUT2D eigenvalue weighted by molar-refractivity contribution is 7.84. The number of hydrogen-bond donors (Lipinski definition) is 3. The first-order valence-electron chi connectivity index (χ1n) is 7.77. The largest absolute Gasteiger partial charge is 0.481 e. The second kappa shape index (κ2) is 8.90. The lowest BCUT2D eigenvalue weighted by Crippen LogP contribution is -2.40. The predicted molar refractivity (Wildman–Crippen MR) is 96.5 cm³/mol. The van der Waals surface area contributed by atoms with Gasteiger partial charge in [-0.25, -0.2) is 8.93 Å². The van der Waals surface area contributed by atoms with Crippen molar-refractivity contribution in [3.63, 3.8) is 0 Å². The summed E-state index contributed by atoms with van der Waals surface area (Å²) in [5, 5.41) is 8.86. The Morgan fingerprint density at radius 2 is 1.88 bits per heavy atom. The maximum Gasteiger partial charge on any atom is 0.303 e. The van der Waals surface area contributed by atoms with Gasteiger partial charge in [-0.1, -0.05) is 30.3 Å². The zero-order valence-corrected chi connectivity index (χ0v) is 16.0. The van der Waals surface area contributed by atoms with Crippen molar-refractivity contribution in [1.82, 2.24) is 4.72 Å². The van der Waals surface area contributed by atoms with Crippen LogP contribution < -0.4 is 4.72 Å². The van der Waals surface area contributed by atoms with Crippen molar-refractivity contribution < 1.29 is 23.6 Å². The molecule has 0 fully saturated rings. The van der Waals surface area contributed by atoms with E-state index in [1.807, 2.05) is 30.3 Å². The van der Waals surface area contributed by atoms with Gasteiger partial charge in [0.15, 0.2) is 0 Å². The highest BCUT2D eigenvalue weighted by atomic mass is 32.2. The Balaban J connectivity index is 2.83. The fourth-order valence-electron chi connectivity index (χ4n) is 1.99. The van der Waals surface area contributed by atoms with Gasteiger partial charge >= 0.3 is 5.97 Å². The van der Waals surface area contributed by atoms with Crippen LogP contribution in [0.2, 0.25) is 0 Å². The molecule has 1 unspecified atom stereocenters. The summed E-state index contributed by atoms with van der Waals surface area (Å²) in [5.74, 6) is -2.05. The van der Waals surface area contributed by atoms with E-state index in [0.29, 0.717) is 6.42 Å². The Labute approximate surface area is 145 Å². The van der Waals surface area contributed by atoms with Crippen LogP contribution >= 0.6 is 7.37 Å². The van der Waals surface area contributed by atoms with Crippen LogP contribution in [0.3, 0.4) is 0 Å². The molecule has 24 heavy (non-hydrogen) atoms. The summed E-state index contributed by atoms with van der Waals surface area (Å²) in [5.41, 5.74) is 0.931. The van der Waals surface area contributed by atoms with E-state index in [9.17, 15) is 18.5 Å². The highest BCUT2D eigenvalue weighted by Gasteiger charge is 2.34. The number of aliphatic carboxylic acids is 1. The average Bonchev–Trinajstić information content (AvgIpc) is 2.49. The van der Waals surface area contributed by atoms with Gasteiger partial charge in [0, 0.05) is 12.6 Å². The molecule has 0 aliphatic rings. The van der Waals surface area contributed by atoms with E-state index in [2.05, 4.69) is 4.72 Å². The third kappa shape index (κ3) is 7.26. The monoisotopic (exact) mass is 375 g/mol. The van der Waals surface area contributed by atoms with Gasteiger partial charge < -0.3 is 10.00 Å². The van der Waals surface area contributed by atoms with Gasteiger partial charge in [0.05, 0.1) is 21.5 Å². The average molecular weight is 375 g/mol. The third-order valence-electron chi connectivity index (χ3n) is 3.48. The lowest BCUT2D eigenvalue weighted by molar-refractivity contribution is -0.137. The standard InChI is InChI=1S/C16H26NO5PS/c1-16(2,3)24(22)17-14(9-10-15(18)19)23(20,21)12-11-13-7-5-4-6-8-13/h4-8,14,17H,9-12H2,1-3H3,(H,18,19)(H,20,21)/t14-,24+/m0/s1. The van der Waals surface area contributed by atoms with E-state index in [1.165, 1.54) is 0 Å². The fraction of sp³-hybridized carbons (Fsp3) is 0.562. The molecule has 0 saturated heterocycles. The van der Waals surface area contributed by atoms with Crippen molar-refractivity contribution in [3.05, 3.63) is 35.9 Å². The minimum atomic E-state index is -3.72. The first-order valence-corrected chi connectivity index (χ1v) is 10.8. The first kappa shape index (κ1) is 21.0. The molecule has 0 radical (unpaired) electrons. The van der Waals surface area contributed by atoms with Crippen LogP contribution in [0.4, 0.5) is 0 Å². The Hall–Kier alpha value is -1.01. The maximum atomic E-state index is 12.7. The van der Waals surface area contributed by atoms with Crippen LogP contribution in [-0.2, 0) is 26.8 Å². The molecular weight excluding hydrogens is 349 g/mol. The fourth-order valence-corrected chi connectivity index (χ4v) is 5.08. The summed E-state index contributed by atoms with van der Waals surface area (Å²) in [7, 11) is -5.27. The first-order chi connectivity index (χ1) is 11.0. The molecule has 0 spiro atoms. The number of hydrogen-bond acceptors (Lipinski definition) is 3. The number of aryl methyl sites for hydroxylation is 1. The van der Waals surface area contributed by atoms with Crippen LogP contribution in [0, 0.1) is 0 Å². The molecular formula is C16H26NO5PS. The van der Waals surface area contributed by atoms with Gasteiger partial charge in [0.2, 0.25) is 7.37 Å². The Morgan fingerprint density at radius 1 is 1.29 bits per heavy atom. The second-order valence-corrected chi connectivity index (χ2v) is 11.2. The SMILES string of the molecule is CC(C)(C)[S@@](=O)N[C@H](CCC(=O)O)P(=O)(O)CCc1ccccc1. The minimum absolute atomic E-state index is 0.00957. The normalized spacial score (nSPS) is 17.0. The molecule has 0 saturated carbocycles. The van der Waals surface area contributed by atoms with Crippen LogP contribution in [-0.4, -0.2) is 36.9 Å². The van der Waals surface area contributed by atoms with Gasteiger partial charge in [-0.2, -0.15) is 0 Å². The molecule has 0 amide bonds. The number of carboxylic acids is 1. The zero-order valence-electron chi connectivity index (χ0n) is 14.3. The number of carboxylic acid groups (broad SMARTS) is 1. The number of rotatable bonds is 9. The molecule has 0 heterocycles. The van der Waals surface area contributed by atoms with Crippen molar-refractivity contribution >= 4 is 24.3 Å². The highest BCUT2D eigenvalue weighted by Crippen LogP contribution is 2.47. The topological polar surface area (TPSA) is 104 Å². The lowest BCUT2D eigenvalue weighted by Gasteiger charge is -2.27. The van der Waals surface area contributed by atoms with E-state index < -0.39 is 34.9 Å². The van der Waals surface area contributed by atoms with Crippen molar-refractivity contribution in [2.45, 2.75) is 50.6 Å². The van der Waals surface area contributed by atoms with Crippen LogP contribution in [0.25, 0.3) is 0 Å². The third-order valence-corrected chi connectivity index (χ3v) is 7.49.